The van der Waals surface area contributed by atoms with Crippen LogP contribution in [-0.4, -0.2) is 75.0 Å². The van der Waals surface area contributed by atoms with E-state index in [0.717, 1.165) is 38.5 Å². The van der Waals surface area contributed by atoms with Gasteiger partial charge in [-0.2, -0.15) is 0 Å². The summed E-state index contributed by atoms with van der Waals surface area (Å²) in [5, 5.41) is 43.4. The van der Waals surface area contributed by atoms with Gasteiger partial charge in [-0.25, -0.2) is 4.79 Å². The van der Waals surface area contributed by atoms with Crippen LogP contribution in [0.2, 0.25) is 0 Å². The number of allylic oxidation sites excluding steroid dienone is 3. The van der Waals surface area contributed by atoms with Gasteiger partial charge in [0.2, 0.25) is 0 Å². The summed E-state index contributed by atoms with van der Waals surface area (Å²) in [6.07, 6.45) is 7.70. The molecular weight excluding hydrogens is 566 g/mol. The van der Waals surface area contributed by atoms with Crippen LogP contribution in [0.3, 0.4) is 0 Å². The Morgan fingerprint density at radius 2 is 1.64 bits per heavy atom. The first-order valence-electron chi connectivity index (χ1n) is 16.5. The quantitative estimate of drug-likeness (QED) is 0.280. The standard InChI is InChI=1S/C34H57NO9/c1-5-11-31-32(40)35-22-28(37)21-30(39)29(38)19-18-26(33(41)42)15-9-13-25(6-2)14-10-17-27(36)16-8-7-12-23(3)20-24(4)34(43)44-31/h9,13,15,23-25,28-31,37-39H,5-8,10-12,14,16-22H2,1-4H3,(H,35,40)(H,41,42). The van der Waals surface area contributed by atoms with Crippen molar-refractivity contribution in [3.05, 3.63) is 23.8 Å². The van der Waals surface area contributed by atoms with E-state index in [2.05, 4.69) is 12.2 Å². The SMILES string of the molecule is CCCC1OC(=O)C(C)CC(C)CCCCC(=O)CCCC(CC)C=CC=C(C(=O)O)CCC(O)C(O)CC(O)CNC1=O. The van der Waals surface area contributed by atoms with E-state index in [0.29, 0.717) is 32.1 Å². The number of carbonyl (C=O) groups excluding carboxylic acids is 3. The lowest BCUT2D eigenvalue weighted by Crippen LogP contribution is -2.43. The van der Waals surface area contributed by atoms with Crippen molar-refractivity contribution >= 4 is 23.6 Å². The molecule has 0 saturated heterocycles. The van der Waals surface area contributed by atoms with E-state index < -0.39 is 48.2 Å². The number of esters is 1. The van der Waals surface area contributed by atoms with Crippen molar-refractivity contribution in [3.8, 4) is 0 Å². The molecular formula is C34H57NO9. The molecule has 44 heavy (non-hydrogen) atoms. The molecule has 0 saturated carbocycles. The maximum atomic E-state index is 12.8. The predicted octanol–water partition coefficient (Wildman–Crippen LogP) is 4.64. The Balaban J connectivity index is 2.98. The van der Waals surface area contributed by atoms with E-state index in [1.54, 1.807) is 13.0 Å². The fourth-order valence-electron chi connectivity index (χ4n) is 5.46. The molecule has 1 aliphatic heterocycles. The smallest absolute Gasteiger partial charge is 0.331 e. The third kappa shape index (κ3) is 16.5. The zero-order valence-electron chi connectivity index (χ0n) is 27.2. The van der Waals surface area contributed by atoms with Crippen molar-refractivity contribution in [1.29, 1.82) is 0 Å². The molecule has 0 radical (unpaired) electrons. The number of β-amino-alcohol motifs (C(OH)–C–C–N with tert-alkyl or cyclic N) is 1. The van der Waals surface area contributed by atoms with Crippen LogP contribution in [0, 0.1) is 17.8 Å². The van der Waals surface area contributed by atoms with Crippen LogP contribution in [0.25, 0.3) is 0 Å². The van der Waals surface area contributed by atoms with Gasteiger partial charge in [-0.05, 0) is 63.2 Å². The maximum absolute atomic E-state index is 12.8. The minimum absolute atomic E-state index is 0.0112. The van der Waals surface area contributed by atoms with E-state index in [-0.39, 0.29) is 49.0 Å². The second-order valence-corrected chi connectivity index (χ2v) is 12.5. The monoisotopic (exact) mass is 623 g/mol. The van der Waals surface area contributed by atoms with Crippen LogP contribution in [0.1, 0.15) is 118 Å². The molecule has 0 spiro atoms. The average Bonchev–Trinajstić information content (AvgIpc) is 2.97. The van der Waals surface area contributed by atoms with Crippen molar-refractivity contribution in [2.24, 2.45) is 17.8 Å². The first-order valence-corrected chi connectivity index (χ1v) is 16.5. The molecule has 0 aromatic rings. The molecule has 0 bridgehead atoms. The van der Waals surface area contributed by atoms with Gasteiger partial charge in [0, 0.05) is 31.4 Å². The lowest BCUT2D eigenvalue weighted by molar-refractivity contribution is -0.160. The molecule has 0 aromatic heterocycles. The van der Waals surface area contributed by atoms with Gasteiger partial charge in [0.15, 0.2) is 6.10 Å². The number of aliphatic carboxylic acids is 1. The highest BCUT2D eigenvalue weighted by Crippen LogP contribution is 2.22. The van der Waals surface area contributed by atoms with Crippen molar-refractivity contribution in [2.75, 3.05) is 6.54 Å². The Labute approximate surface area is 263 Å². The summed E-state index contributed by atoms with van der Waals surface area (Å²) in [7, 11) is 0. The fraction of sp³-hybridized carbons (Fsp3) is 0.765. The molecule has 0 fully saturated rings. The topological polar surface area (TPSA) is 170 Å². The van der Waals surface area contributed by atoms with Gasteiger partial charge in [-0.1, -0.05) is 65.2 Å². The van der Waals surface area contributed by atoms with E-state index in [9.17, 15) is 39.6 Å². The summed E-state index contributed by atoms with van der Waals surface area (Å²) in [5.74, 6) is -1.81. The Hall–Kier alpha value is -2.56. The Kier molecular flexibility index (Phi) is 19.8. The predicted molar refractivity (Wildman–Crippen MR) is 169 cm³/mol. The molecule has 252 valence electrons. The minimum Gasteiger partial charge on any atom is -0.478 e. The third-order valence-electron chi connectivity index (χ3n) is 8.35. The highest BCUT2D eigenvalue weighted by Gasteiger charge is 2.27. The maximum Gasteiger partial charge on any atom is 0.331 e. The average molecular weight is 624 g/mol. The van der Waals surface area contributed by atoms with Gasteiger partial charge >= 0.3 is 11.9 Å². The van der Waals surface area contributed by atoms with Crippen LogP contribution < -0.4 is 5.32 Å². The first kappa shape index (κ1) is 39.5. The molecule has 10 heteroatoms. The molecule has 5 N–H and O–H groups in total. The Morgan fingerprint density at radius 3 is 2.30 bits per heavy atom. The number of amides is 1. The van der Waals surface area contributed by atoms with Crippen molar-refractivity contribution in [2.45, 2.75) is 142 Å². The lowest BCUT2D eigenvalue weighted by atomic mass is 9.92. The van der Waals surface area contributed by atoms with E-state index >= 15 is 0 Å². The summed E-state index contributed by atoms with van der Waals surface area (Å²) in [6.45, 7) is 7.56. The highest BCUT2D eigenvalue weighted by molar-refractivity contribution is 5.87. The third-order valence-corrected chi connectivity index (χ3v) is 8.35. The summed E-state index contributed by atoms with van der Waals surface area (Å²) in [6, 6.07) is 0. The molecule has 1 rings (SSSR count). The van der Waals surface area contributed by atoms with Crippen LogP contribution in [0.4, 0.5) is 0 Å². The number of carbonyl (C=O) groups is 4. The zero-order chi connectivity index (χ0) is 33.1. The normalized spacial score (nSPS) is 30.8. The fourth-order valence-corrected chi connectivity index (χ4v) is 5.46. The number of aliphatic hydroxyl groups excluding tert-OH is 3. The highest BCUT2D eigenvalue weighted by atomic mass is 16.5. The number of carboxylic acids is 1. The van der Waals surface area contributed by atoms with Crippen molar-refractivity contribution in [1.82, 2.24) is 5.32 Å². The van der Waals surface area contributed by atoms with Gasteiger partial charge in [0.05, 0.1) is 24.2 Å². The van der Waals surface area contributed by atoms with Crippen LogP contribution in [0.15, 0.2) is 23.8 Å². The number of ketones is 1. The first-order chi connectivity index (χ1) is 20.9. The number of carboxylic acid groups (broad SMARTS) is 1. The molecule has 0 aliphatic carbocycles. The molecule has 1 heterocycles. The number of Topliss-reactive ketones (excluding diaryl/α,β-unsaturated/α-hetero) is 1. The Bertz CT molecular complexity index is 947. The van der Waals surface area contributed by atoms with Gasteiger partial charge in [0.25, 0.3) is 5.91 Å². The van der Waals surface area contributed by atoms with E-state index in [4.69, 9.17) is 4.74 Å². The molecule has 7 atom stereocenters. The number of ether oxygens (including phenoxy) is 1. The zero-order valence-corrected chi connectivity index (χ0v) is 27.2. The number of aliphatic hydroxyl groups is 3. The summed E-state index contributed by atoms with van der Waals surface area (Å²) >= 11 is 0. The van der Waals surface area contributed by atoms with Crippen LogP contribution >= 0.6 is 0 Å². The summed E-state index contributed by atoms with van der Waals surface area (Å²) < 4.78 is 5.55. The largest absolute Gasteiger partial charge is 0.478 e. The number of hydrogen-bond acceptors (Lipinski definition) is 8. The second kappa shape index (κ2) is 22.0. The van der Waals surface area contributed by atoms with Gasteiger partial charge in [0.1, 0.15) is 5.78 Å². The van der Waals surface area contributed by atoms with Gasteiger partial charge < -0.3 is 30.5 Å². The second-order valence-electron chi connectivity index (χ2n) is 12.5. The van der Waals surface area contributed by atoms with Crippen molar-refractivity contribution < 1.29 is 44.3 Å². The van der Waals surface area contributed by atoms with Gasteiger partial charge in [-0.15, -0.1) is 0 Å². The number of rotatable bonds is 4. The summed E-state index contributed by atoms with van der Waals surface area (Å²) in [5.41, 5.74) is 0.0821. The molecule has 10 nitrogen and oxygen atoms in total. The van der Waals surface area contributed by atoms with Gasteiger partial charge in [-0.3, -0.25) is 14.4 Å². The number of nitrogens with one attached hydrogen (secondary N) is 1. The molecule has 1 amide bonds. The van der Waals surface area contributed by atoms with Crippen molar-refractivity contribution in [3.63, 3.8) is 0 Å². The minimum atomic E-state index is -1.33. The molecule has 7 unspecified atom stereocenters. The van der Waals surface area contributed by atoms with Crippen LogP contribution in [0.5, 0.6) is 0 Å². The van der Waals surface area contributed by atoms with E-state index in [1.165, 1.54) is 6.08 Å². The number of cyclic esters (lactones) is 1. The van der Waals surface area contributed by atoms with Crippen LogP contribution in [-0.2, 0) is 23.9 Å². The summed E-state index contributed by atoms with van der Waals surface area (Å²) in [4.78, 5) is 49.7. The lowest BCUT2D eigenvalue weighted by Gasteiger charge is -2.23. The molecule has 1 aliphatic rings. The molecule has 0 aromatic carbocycles. The van der Waals surface area contributed by atoms with E-state index in [1.807, 2.05) is 19.9 Å². The number of hydrogen-bond donors (Lipinski definition) is 5. The Morgan fingerprint density at radius 1 is 0.932 bits per heavy atom.